The number of benzene rings is 2. The molecule has 0 unspecified atom stereocenters. The average molecular weight is 1290 g/mol. The Hall–Kier alpha value is -5.36. The number of ether oxygens (including phenoxy) is 2. The molecule has 8 fully saturated rings. The third kappa shape index (κ3) is 11.6. The van der Waals surface area contributed by atoms with E-state index in [4.69, 9.17) is 19.4 Å². The highest BCUT2D eigenvalue weighted by Crippen LogP contribution is 2.71. The first-order valence-electron chi connectivity index (χ1n) is 39.8. The van der Waals surface area contributed by atoms with Crippen LogP contribution in [0.5, 0.6) is 11.5 Å². The summed E-state index contributed by atoms with van der Waals surface area (Å²) in [6.07, 6.45) is 41.4. The number of rotatable bonds is 16. The zero-order valence-electron chi connectivity index (χ0n) is 62.0. The Morgan fingerprint density at radius 3 is 1.16 bits per heavy atom. The maximum atomic E-state index is 7.73. The average Bonchev–Trinajstić information content (AvgIpc) is 1.37. The van der Waals surface area contributed by atoms with Crippen LogP contribution in [0.25, 0.3) is 68.6 Å². The summed E-state index contributed by atoms with van der Waals surface area (Å²) >= 11 is 0. The molecule has 0 spiro atoms. The van der Waals surface area contributed by atoms with Crippen LogP contribution in [0.15, 0.2) is 60.7 Å². The number of aryl methyl sites for hydroxylation is 4. The Morgan fingerprint density at radius 1 is 0.396 bits per heavy atom. The van der Waals surface area contributed by atoms with E-state index in [1.165, 1.54) is 162 Å². The van der Waals surface area contributed by atoms with Crippen molar-refractivity contribution in [3.63, 3.8) is 0 Å². The van der Waals surface area contributed by atoms with Gasteiger partial charge in [-0.3, -0.25) is 0 Å². The molecular formula is C90H122N4O2. The van der Waals surface area contributed by atoms with Crippen molar-refractivity contribution < 1.29 is 9.47 Å². The molecule has 8 bridgehead atoms. The molecule has 8 saturated carbocycles. The molecule has 15 rings (SSSR count). The summed E-state index contributed by atoms with van der Waals surface area (Å²) in [6.45, 7) is 34.9. The van der Waals surface area contributed by atoms with Gasteiger partial charge in [0.25, 0.3) is 0 Å². The topological polar surface area (TPSA) is 75.8 Å². The molecule has 8 aliphatic carbocycles. The lowest BCUT2D eigenvalue weighted by Gasteiger charge is -2.61. The molecule has 5 aromatic rings. The highest BCUT2D eigenvalue weighted by atomic mass is 16.5. The zero-order valence-corrected chi connectivity index (χ0v) is 62.0. The van der Waals surface area contributed by atoms with Crippen LogP contribution >= 0.6 is 0 Å². The van der Waals surface area contributed by atoms with E-state index in [0.717, 1.165) is 164 Å². The summed E-state index contributed by atoms with van der Waals surface area (Å²) in [5, 5.41) is 0. The Kier molecular flexibility index (Phi) is 18.0. The second-order valence-electron chi connectivity index (χ2n) is 36.3. The summed E-state index contributed by atoms with van der Waals surface area (Å²) in [5.41, 5.74) is 19.0. The lowest BCUT2D eigenvalue weighted by molar-refractivity contribution is -0.126. The molecular weight excluding hydrogens is 1170 g/mol. The molecule has 2 aromatic carbocycles. The van der Waals surface area contributed by atoms with Crippen molar-refractivity contribution in [3.05, 3.63) is 106 Å². The Balaban J connectivity index is 0.774. The van der Waals surface area contributed by atoms with Crippen molar-refractivity contribution in [2.45, 2.75) is 263 Å². The number of aromatic amines is 2. The maximum Gasteiger partial charge on any atom is 0.168 e. The van der Waals surface area contributed by atoms with Crippen molar-refractivity contribution in [2.75, 3.05) is 0 Å². The van der Waals surface area contributed by atoms with Gasteiger partial charge in [-0.2, -0.15) is 0 Å². The number of hydrogen-bond donors (Lipinski definition) is 2. The van der Waals surface area contributed by atoms with E-state index < -0.39 is 0 Å². The standard InChI is InChI=1S/C90H122N4O2/c1-53(2)19-15-21-55(5)67-31-33-69-65-29-27-61-51-63(43-47-87(61,11)71(65)45-49-89(67,69)13)95-85-77-39-35-73(91-77)83(81-57(7)23-17-24-58(81)8)75-37-41-79(93-75)86(80-42-38-76(94-80)84(74-36-40-78(85)92-74)82-59(9)25-18-26-60(82)10)96-64-44-48-88(12)62(52-64)28-30-66-70-34-32-68(56(6)22-16-20-54(3)4)90(70,14)50-46-72(66)88/h17-18,23-26,35-42,53-56,61-72,91,94H,15-16,19-22,27-34,43-52H2,1-14H3/t55-,56-,61+,62+,63+,64+,65+,66+,67-,68-,69+,70+,71+,72+,87+,88+,89-,90-/m1/s1. The van der Waals surface area contributed by atoms with Crippen LogP contribution < -0.4 is 9.47 Å². The van der Waals surface area contributed by atoms with Gasteiger partial charge >= 0.3 is 0 Å². The Morgan fingerprint density at radius 2 is 0.760 bits per heavy atom. The van der Waals surface area contributed by atoms with Gasteiger partial charge in [-0.25, -0.2) is 9.97 Å². The minimum absolute atomic E-state index is 0.0986. The molecule has 5 heterocycles. The smallest absolute Gasteiger partial charge is 0.168 e. The summed E-state index contributed by atoms with van der Waals surface area (Å²) < 4.78 is 15.5. The predicted molar refractivity (Wildman–Crippen MR) is 404 cm³/mol. The molecule has 2 N–H and O–H groups in total. The molecule has 0 amide bonds. The molecule has 2 aliphatic heterocycles. The molecule has 3 aromatic heterocycles. The van der Waals surface area contributed by atoms with E-state index in [9.17, 15) is 0 Å². The second-order valence-corrected chi connectivity index (χ2v) is 36.3. The van der Waals surface area contributed by atoms with Gasteiger partial charge in [-0.05, 0) is 330 Å². The van der Waals surface area contributed by atoms with Crippen molar-refractivity contribution in [1.82, 2.24) is 19.9 Å². The number of nitrogens with zero attached hydrogens (tertiary/aromatic N) is 2. The second kappa shape index (κ2) is 26.0. The van der Waals surface area contributed by atoms with Gasteiger partial charge in [-0.1, -0.05) is 144 Å². The number of fused-ring (bicyclic) bond motifs is 18. The first-order valence-corrected chi connectivity index (χ1v) is 39.8. The van der Waals surface area contributed by atoms with Crippen LogP contribution in [-0.4, -0.2) is 32.1 Å². The molecule has 96 heavy (non-hydrogen) atoms. The third-order valence-corrected chi connectivity index (χ3v) is 30.3. The first kappa shape index (κ1) is 66.5. The number of nitrogens with one attached hydrogen (secondary N) is 2. The normalized spacial score (nSPS) is 34.2. The minimum atomic E-state index is 0.0986. The van der Waals surface area contributed by atoms with Gasteiger partial charge in [0, 0.05) is 22.2 Å². The minimum Gasteiger partial charge on any atom is -0.486 e. The lowest BCUT2D eigenvalue weighted by atomic mass is 9.44. The van der Waals surface area contributed by atoms with Crippen LogP contribution in [0.4, 0.5) is 0 Å². The number of hydrogen-bond acceptors (Lipinski definition) is 4. The van der Waals surface area contributed by atoms with E-state index >= 15 is 0 Å². The van der Waals surface area contributed by atoms with E-state index in [2.05, 4.69) is 192 Å². The van der Waals surface area contributed by atoms with Crippen molar-refractivity contribution in [2.24, 2.45) is 105 Å². The van der Waals surface area contributed by atoms with Crippen LogP contribution in [0.3, 0.4) is 0 Å². The summed E-state index contributed by atoms with van der Waals surface area (Å²) in [7, 11) is 0. The van der Waals surface area contributed by atoms with Crippen LogP contribution in [0, 0.1) is 132 Å². The van der Waals surface area contributed by atoms with Gasteiger partial charge in [0.1, 0.15) is 11.4 Å². The lowest BCUT2D eigenvalue weighted by Crippen LogP contribution is -2.54. The van der Waals surface area contributed by atoms with Crippen molar-refractivity contribution in [1.29, 1.82) is 0 Å². The predicted octanol–water partition coefficient (Wildman–Crippen LogP) is 25.0. The highest BCUT2D eigenvalue weighted by molar-refractivity contribution is 5.97. The van der Waals surface area contributed by atoms with Crippen LogP contribution in [-0.2, 0) is 0 Å². The first-order chi connectivity index (χ1) is 46.1. The van der Waals surface area contributed by atoms with E-state index in [-0.39, 0.29) is 12.2 Å². The highest BCUT2D eigenvalue weighted by Gasteiger charge is 2.63. The molecule has 6 heteroatoms. The van der Waals surface area contributed by atoms with E-state index in [1.807, 2.05) is 0 Å². The maximum absolute atomic E-state index is 7.73. The summed E-state index contributed by atoms with van der Waals surface area (Å²) in [6, 6.07) is 22.6. The molecule has 10 aliphatic rings. The molecule has 0 saturated heterocycles. The molecule has 514 valence electrons. The van der Waals surface area contributed by atoms with E-state index in [0.29, 0.717) is 33.5 Å². The number of H-pyrrole nitrogens is 2. The zero-order chi connectivity index (χ0) is 66.7. The van der Waals surface area contributed by atoms with Gasteiger partial charge < -0.3 is 19.4 Å². The van der Waals surface area contributed by atoms with Gasteiger partial charge in [0.05, 0.1) is 34.6 Å². The Bertz CT molecular complexity index is 3660. The van der Waals surface area contributed by atoms with Gasteiger partial charge in [-0.15, -0.1) is 0 Å². The summed E-state index contributed by atoms with van der Waals surface area (Å²) in [4.78, 5) is 19.7. The fraction of sp³-hybridized carbons (Fsp3) is 0.644. The monoisotopic (exact) mass is 1290 g/mol. The quantitative estimate of drug-likeness (QED) is 0.101. The van der Waals surface area contributed by atoms with Gasteiger partial charge in [0.2, 0.25) is 0 Å². The van der Waals surface area contributed by atoms with Crippen LogP contribution in [0.2, 0.25) is 0 Å². The SMILES string of the molecule is Cc1cccc(C)c1-c1c2nc(c(O[C@H]3CC[C@@]4(C)[C@@H](CC[C@@H]5[C@@H]4CC[C@]4(C)[C@@H]([C@H](C)CCCC(C)C)CC[C@@H]54)C3)c3ccc([nH]3)c(-c3c(C)cccc3C)c3nc(c(O[C@H]4CC[C@@]5(C)[C@@H](CC[C@@H]6[C@@H]5CC[C@]5(C)[C@@H]([C@H](C)CCCC(C)C)CC[C@@H]65)C4)c4ccc1[nH]4)C=C3)C=C2. The Labute approximate surface area is 579 Å². The molecule has 18 atom stereocenters. The third-order valence-electron chi connectivity index (χ3n) is 30.3. The summed E-state index contributed by atoms with van der Waals surface area (Å²) in [5.74, 6) is 13.3. The van der Waals surface area contributed by atoms with Crippen LogP contribution in [0.1, 0.15) is 268 Å². The van der Waals surface area contributed by atoms with Crippen molar-refractivity contribution >= 4 is 46.4 Å². The van der Waals surface area contributed by atoms with Crippen molar-refractivity contribution in [3.8, 4) is 33.8 Å². The number of aromatic nitrogens is 4. The fourth-order valence-corrected chi connectivity index (χ4v) is 25.4. The molecule has 6 nitrogen and oxygen atoms in total. The van der Waals surface area contributed by atoms with Gasteiger partial charge in [0.15, 0.2) is 11.5 Å². The fourth-order valence-electron chi connectivity index (χ4n) is 25.4. The largest absolute Gasteiger partial charge is 0.486 e. The molecule has 0 radical (unpaired) electrons. The van der Waals surface area contributed by atoms with E-state index in [1.54, 1.807) is 0 Å².